The van der Waals surface area contributed by atoms with Gasteiger partial charge in [-0.3, -0.25) is 14.4 Å². The number of ketones is 1. The Morgan fingerprint density at radius 1 is 0.793 bits per heavy atom. The maximum atomic E-state index is 13.5. The van der Waals surface area contributed by atoms with Gasteiger partial charge in [-0.15, -0.1) is 0 Å². The van der Waals surface area contributed by atoms with E-state index in [-0.39, 0.29) is 17.9 Å². The summed E-state index contributed by atoms with van der Waals surface area (Å²) in [6, 6.07) is 20.9. The summed E-state index contributed by atoms with van der Waals surface area (Å²) >= 11 is 0. The van der Waals surface area contributed by atoms with Crippen LogP contribution in [0.2, 0.25) is 0 Å². The van der Waals surface area contributed by atoms with Crippen molar-refractivity contribution in [2.75, 3.05) is 11.9 Å². The number of rotatable bonds is 7. The molecule has 0 fully saturated rings. The van der Waals surface area contributed by atoms with Crippen molar-refractivity contribution in [1.82, 2.24) is 0 Å². The fourth-order valence-electron chi connectivity index (χ4n) is 2.61. The normalized spacial score (nSPS) is 10.2. The fraction of sp³-hybridized carbons (Fsp3) is 0.0870. The van der Waals surface area contributed by atoms with Gasteiger partial charge in [0, 0.05) is 16.8 Å². The van der Waals surface area contributed by atoms with E-state index in [0.717, 1.165) is 0 Å². The highest BCUT2D eigenvalue weighted by atomic mass is 19.1. The van der Waals surface area contributed by atoms with Crippen LogP contribution in [0.4, 0.5) is 10.1 Å². The number of Topliss-reactive ketones (excluding diaryl/α,β-unsaturated/α-hetero) is 1. The summed E-state index contributed by atoms with van der Waals surface area (Å²) in [6.07, 6.45) is -0.246. The van der Waals surface area contributed by atoms with Gasteiger partial charge in [-0.2, -0.15) is 0 Å². The smallest absolute Gasteiger partial charge is 0.310 e. The molecular weight excluding hydrogens is 373 g/mol. The highest BCUT2D eigenvalue weighted by Crippen LogP contribution is 2.13. The Hall–Kier alpha value is -3.80. The monoisotopic (exact) mass is 391 g/mol. The highest BCUT2D eigenvalue weighted by Gasteiger charge is 2.13. The lowest BCUT2D eigenvalue weighted by molar-refractivity contribution is -0.141. The summed E-state index contributed by atoms with van der Waals surface area (Å²) in [5, 5.41) is 2.74. The molecule has 0 atom stereocenters. The van der Waals surface area contributed by atoms with Gasteiger partial charge >= 0.3 is 5.97 Å². The largest absolute Gasteiger partial charge is 0.457 e. The minimum absolute atomic E-state index is 0.212. The molecule has 0 bridgehead atoms. The van der Waals surface area contributed by atoms with Crippen molar-refractivity contribution in [1.29, 1.82) is 0 Å². The molecule has 0 aromatic heterocycles. The maximum Gasteiger partial charge on any atom is 0.310 e. The second-order valence-electron chi connectivity index (χ2n) is 6.25. The van der Waals surface area contributed by atoms with Gasteiger partial charge in [0.05, 0.1) is 6.42 Å². The van der Waals surface area contributed by atoms with E-state index in [1.165, 1.54) is 30.3 Å². The molecule has 5 nitrogen and oxygen atoms in total. The molecule has 146 valence electrons. The molecule has 1 amide bonds. The summed E-state index contributed by atoms with van der Waals surface area (Å²) in [4.78, 5) is 36.1. The molecule has 0 saturated carbocycles. The van der Waals surface area contributed by atoms with E-state index in [0.29, 0.717) is 16.8 Å². The van der Waals surface area contributed by atoms with Crippen LogP contribution in [0.25, 0.3) is 0 Å². The van der Waals surface area contributed by atoms with E-state index >= 15 is 0 Å². The molecule has 1 N–H and O–H groups in total. The molecule has 0 heterocycles. The van der Waals surface area contributed by atoms with Gasteiger partial charge in [-0.05, 0) is 48.0 Å². The van der Waals surface area contributed by atoms with E-state index in [1.807, 2.05) is 6.07 Å². The molecule has 29 heavy (non-hydrogen) atoms. The van der Waals surface area contributed by atoms with Gasteiger partial charge in [-0.1, -0.05) is 36.4 Å². The average Bonchev–Trinajstić information content (AvgIpc) is 2.75. The fourth-order valence-corrected chi connectivity index (χ4v) is 2.61. The van der Waals surface area contributed by atoms with Crippen LogP contribution in [-0.2, 0) is 16.0 Å². The molecule has 0 aliphatic carbocycles. The molecule has 0 saturated heterocycles. The highest BCUT2D eigenvalue weighted by molar-refractivity contribution is 6.04. The Morgan fingerprint density at radius 3 is 2.14 bits per heavy atom. The van der Waals surface area contributed by atoms with E-state index in [4.69, 9.17) is 4.74 Å². The van der Waals surface area contributed by atoms with Gasteiger partial charge < -0.3 is 10.1 Å². The zero-order valence-electron chi connectivity index (χ0n) is 15.4. The van der Waals surface area contributed by atoms with Crippen molar-refractivity contribution in [2.45, 2.75) is 6.42 Å². The summed E-state index contributed by atoms with van der Waals surface area (Å²) in [6.45, 7) is -0.441. The van der Waals surface area contributed by atoms with Crippen LogP contribution < -0.4 is 5.32 Å². The van der Waals surface area contributed by atoms with E-state index in [1.54, 1.807) is 42.5 Å². The minimum Gasteiger partial charge on any atom is -0.457 e. The quantitative estimate of drug-likeness (QED) is 0.487. The first kappa shape index (κ1) is 19.9. The van der Waals surface area contributed by atoms with Gasteiger partial charge in [-0.25, -0.2) is 4.39 Å². The van der Waals surface area contributed by atoms with Crippen LogP contribution in [0.1, 0.15) is 26.3 Å². The second kappa shape index (κ2) is 9.41. The zero-order valence-corrected chi connectivity index (χ0v) is 15.4. The average molecular weight is 391 g/mol. The molecule has 0 aliphatic rings. The van der Waals surface area contributed by atoms with Crippen LogP contribution in [0.5, 0.6) is 0 Å². The Bertz CT molecular complexity index is 1020. The van der Waals surface area contributed by atoms with Crippen LogP contribution >= 0.6 is 0 Å². The van der Waals surface area contributed by atoms with E-state index in [2.05, 4.69) is 5.32 Å². The standard InChI is InChI=1S/C23H18FNO4/c24-20-9-5-4-8-18(20)14-22(27)29-15-21(26)16-10-12-19(13-11-16)25-23(28)17-6-2-1-3-7-17/h1-13H,14-15H2,(H,25,28). The molecule has 3 aromatic rings. The SMILES string of the molecule is O=C(Cc1ccccc1F)OCC(=O)c1ccc(NC(=O)c2ccccc2)cc1. The lowest BCUT2D eigenvalue weighted by Crippen LogP contribution is -2.16. The van der Waals surface area contributed by atoms with Crippen molar-refractivity contribution < 1.29 is 23.5 Å². The summed E-state index contributed by atoms with van der Waals surface area (Å²) in [5.74, 6) is -1.83. The predicted molar refractivity (Wildman–Crippen MR) is 106 cm³/mol. The van der Waals surface area contributed by atoms with Crippen molar-refractivity contribution in [3.63, 3.8) is 0 Å². The number of carbonyl (C=O) groups excluding carboxylic acids is 3. The maximum absolute atomic E-state index is 13.5. The third-order valence-corrected chi connectivity index (χ3v) is 4.16. The van der Waals surface area contributed by atoms with Crippen LogP contribution in [0.3, 0.4) is 0 Å². The second-order valence-corrected chi connectivity index (χ2v) is 6.25. The molecule has 0 spiro atoms. The third kappa shape index (κ3) is 5.59. The van der Waals surface area contributed by atoms with Gasteiger partial charge in [0.15, 0.2) is 12.4 Å². The molecule has 3 aromatic carbocycles. The van der Waals surface area contributed by atoms with Crippen molar-refractivity contribution in [2.24, 2.45) is 0 Å². The van der Waals surface area contributed by atoms with Gasteiger partial charge in [0.25, 0.3) is 5.91 Å². The van der Waals surface area contributed by atoms with Gasteiger partial charge in [0.2, 0.25) is 0 Å². The van der Waals surface area contributed by atoms with E-state index < -0.39 is 24.2 Å². The number of anilines is 1. The molecular formula is C23H18FNO4. The first-order valence-corrected chi connectivity index (χ1v) is 8.91. The van der Waals surface area contributed by atoms with Crippen LogP contribution in [0, 0.1) is 5.82 Å². The first-order valence-electron chi connectivity index (χ1n) is 8.91. The Labute approximate surface area is 167 Å². The molecule has 3 rings (SSSR count). The topological polar surface area (TPSA) is 72.5 Å². The number of esters is 1. The molecule has 0 unspecified atom stereocenters. The number of ether oxygens (including phenoxy) is 1. The minimum atomic E-state index is -0.685. The Kier molecular flexibility index (Phi) is 6.47. The third-order valence-electron chi connectivity index (χ3n) is 4.16. The van der Waals surface area contributed by atoms with Crippen LogP contribution in [0.15, 0.2) is 78.9 Å². The van der Waals surface area contributed by atoms with Crippen LogP contribution in [-0.4, -0.2) is 24.3 Å². The summed E-state index contributed by atoms with van der Waals surface area (Å²) in [5.41, 5.74) is 1.60. The lowest BCUT2D eigenvalue weighted by atomic mass is 10.1. The van der Waals surface area contributed by atoms with Gasteiger partial charge in [0.1, 0.15) is 5.82 Å². The number of carbonyl (C=O) groups is 3. The number of benzene rings is 3. The molecule has 6 heteroatoms. The number of hydrogen-bond acceptors (Lipinski definition) is 4. The van der Waals surface area contributed by atoms with Crippen molar-refractivity contribution >= 4 is 23.3 Å². The predicted octanol–water partition coefficient (Wildman–Crippen LogP) is 4.05. The first-order chi connectivity index (χ1) is 14.0. The summed E-state index contributed by atoms with van der Waals surface area (Å²) in [7, 11) is 0. The number of hydrogen-bond donors (Lipinski definition) is 1. The number of amides is 1. The lowest BCUT2D eigenvalue weighted by Gasteiger charge is -2.07. The van der Waals surface area contributed by atoms with Crippen molar-refractivity contribution in [3.8, 4) is 0 Å². The Morgan fingerprint density at radius 2 is 1.45 bits per heavy atom. The number of nitrogens with one attached hydrogen (secondary N) is 1. The molecule has 0 radical (unpaired) electrons. The zero-order chi connectivity index (χ0) is 20.6. The number of halogens is 1. The summed E-state index contributed by atoms with van der Waals surface area (Å²) < 4.78 is 18.5. The van der Waals surface area contributed by atoms with E-state index in [9.17, 15) is 18.8 Å². The Balaban J connectivity index is 1.52. The van der Waals surface area contributed by atoms with Crippen molar-refractivity contribution in [3.05, 3.63) is 101 Å². The molecule has 0 aliphatic heterocycles.